The van der Waals surface area contributed by atoms with E-state index in [0.717, 1.165) is 36.8 Å². The van der Waals surface area contributed by atoms with Gasteiger partial charge in [0.15, 0.2) is 0 Å². The smallest absolute Gasteiger partial charge is 0.744 e. The molecule has 1 rings (SSSR count). The summed E-state index contributed by atoms with van der Waals surface area (Å²) in [5.41, 5.74) is 1.88. The van der Waals surface area contributed by atoms with Crippen LogP contribution in [0.1, 0.15) is 153 Å². The van der Waals surface area contributed by atoms with E-state index in [1.54, 1.807) is 6.07 Å². The summed E-state index contributed by atoms with van der Waals surface area (Å²) in [6.07, 6.45) is 27.0. The molecule has 0 aliphatic carbocycles. The molecule has 0 fully saturated rings. The molecule has 1 aromatic carbocycles. The van der Waals surface area contributed by atoms with Gasteiger partial charge in [-0.2, -0.15) is 0 Å². The summed E-state index contributed by atoms with van der Waals surface area (Å²) in [5.74, 6) is 0. The van der Waals surface area contributed by atoms with Crippen molar-refractivity contribution in [3.05, 3.63) is 29.3 Å². The van der Waals surface area contributed by atoms with Crippen molar-refractivity contribution in [1.82, 2.24) is 0 Å². The molecule has 0 heterocycles. The fourth-order valence-corrected chi connectivity index (χ4v) is 5.74. The number of rotatable bonds is 23. The minimum atomic E-state index is -4.42. The average molecular weight is 533 g/mol. The fourth-order valence-electron chi connectivity index (χ4n) is 4.96. The van der Waals surface area contributed by atoms with Gasteiger partial charge in [0.25, 0.3) is 0 Å². The Hall–Kier alpha value is 0.766. The van der Waals surface area contributed by atoms with Gasteiger partial charge in [0.05, 0.1) is 4.90 Å². The first kappa shape index (κ1) is 35.8. The first-order chi connectivity index (χ1) is 16.5. The van der Waals surface area contributed by atoms with Crippen LogP contribution in [0.25, 0.3) is 0 Å². The zero-order chi connectivity index (χ0) is 24.9. The van der Waals surface area contributed by atoms with Crippen LogP contribution in [0, 0.1) is 0 Å². The minimum absolute atomic E-state index is 0. The zero-order valence-electron chi connectivity index (χ0n) is 23.4. The summed E-state index contributed by atoms with van der Waals surface area (Å²) >= 11 is 0. The molecule has 198 valence electrons. The Morgan fingerprint density at radius 1 is 0.571 bits per heavy atom. The van der Waals surface area contributed by atoms with Gasteiger partial charge in [-0.05, 0) is 42.9 Å². The van der Waals surface area contributed by atoms with E-state index in [-0.39, 0.29) is 56.3 Å². The molecule has 0 saturated carbocycles. The van der Waals surface area contributed by atoms with Gasteiger partial charge in [-0.25, -0.2) is 8.42 Å². The Bertz CT molecular complexity index is 718. The number of benzene rings is 1. The second kappa shape index (κ2) is 23.9. The normalized spacial score (nSPS) is 11.5. The van der Waals surface area contributed by atoms with Crippen LogP contribution < -0.4 is 51.4 Å². The van der Waals surface area contributed by atoms with E-state index in [0.29, 0.717) is 6.42 Å². The third-order valence-corrected chi connectivity index (χ3v) is 8.00. The molecule has 35 heavy (non-hydrogen) atoms. The molecule has 0 spiro atoms. The molecule has 0 bridgehead atoms. The number of hydrogen-bond acceptors (Lipinski definition) is 3. The standard InChI is InChI=1S/C30H54O3S.K/c1-3-5-7-9-11-13-15-17-19-21-24-28-25-23-27-30(34(31,32)33)29(28)26-22-20-18-16-14-12-10-8-6-4-2;/h23,25,27H,3-22,24,26H2,1-2H3,(H,31,32,33);/q;+1/p-1. The summed E-state index contributed by atoms with van der Waals surface area (Å²) in [6.45, 7) is 4.50. The molecule has 0 atom stereocenters. The maximum Gasteiger partial charge on any atom is 1.00 e. The largest absolute Gasteiger partial charge is 1.00 e. The van der Waals surface area contributed by atoms with Crippen LogP contribution in [0.15, 0.2) is 23.1 Å². The van der Waals surface area contributed by atoms with E-state index < -0.39 is 10.1 Å². The van der Waals surface area contributed by atoms with Crippen LogP contribution in [-0.2, 0) is 23.0 Å². The first-order valence-corrected chi connectivity index (χ1v) is 16.0. The van der Waals surface area contributed by atoms with Crippen molar-refractivity contribution < 1.29 is 64.4 Å². The molecule has 0 radical (unpaired) electrons. The Kier molecular flexibility index (Phi) is 24.4. The van der Waals surface area contributed by atoms with Crippen molar-refractivity contribution in [2.24, 2.45) is 0 Å². The monoisotopic (exact) mass is 532 g/mol. The third-order valence-electron chi connectivity index (χ3n) is 7.08. The summed E-state index contributed by atoms with van der Waals surface area (Å²) in [5, 5.41) is 0. The van der Waals surface area contributed by atoms with Crippen molar-refractivity contribution in [1.29, 1.82) is 0 Å². The summed E-state index contributed by atoms with van der Waals surface area (Å²) < 4.78 is 35.6. The Morgan fingerprint density at radius 3 is 1.34 bits per heavy atom. The van der Waals surface area contributed by atoms with Gasteiger partial charge in [-0.1, -0.05) is 142 Å². The van der Waals surface area contributed by atoms with E-state index in [9.17, 15) is 13.0 Å². The molecule has 5 heteroatoms. The molecule has 1 aromatic rings. The maximum absolute atomic E-state index is 11.9. The Morgan fingerprint density at radius 2 is 0.943 bits per heavy atom. The van der Waals surface area contributed by atoms with Gasteiger partial charge < -0.3 is 4.55 Å². The van der Waals surface area contributed by atoms with Crippen molar-refractivity contribution in [3.63, 3.8) is 0 Å². The molecule has 0 aliphatic rings. The van der Waals surface area contributed by atoms with Crippen molar-refractivity contribution >= 4 is 10.1 Å². The van der Waals surface area contributed by atoms with Crippen molar-refractivity contribution in [2.45, 2.75) is 160 Å². The molecule has 0 aromatic heterocycles. The number of hydrogen-bond donors (Lipinski definition) is 0. The van der Waals surface area contributed by atoms with Crippen LogP contribution >= 0.6 is 0 Å². The number of aryl methyl sites for hydroxylation is 1. The van der Waals surface area contributed by atoms with Gasteiger partial charge in [0, 0.05) is 0 Å². The topological polar surface area (TPSA) is 57.2 Å². The van der Waals surface area contributed by atoms with Crippen molar-refractivity contribution in [2.75, 3.05) is 0 Å². The zero-order valence-corrected chi connectivity index (χ0v) is 27.4. The van der Waals surface area contributed by atoms with Gasteiger partial charge in [0.2, 0.25) is 0 Å². The Balaban J connectivity index is 0.0000116. The predicted molar refractivity (Wildman–Crippen MR) is 146 cm³/mol. The fraction of sp³-hybridized carbons (Fsp3) is 0.800. The van der Waals surface area contributed by atoms with E-state index in [1.165, 1.54) is 115 Å². The van der Waals surface area contributed by atoms with Crippen LogP contribution in [0.5, 0.6) is 0 Å². The van der Waals surface area contributed by atoms with Crippen LogP contribution in [0.4, 0.5) is 0 Å². The van der Waals surface area contributed by atoms with Crippen molar-refractivity contribution in [3.8, 4) is 0 Å². The molecule has 3 nitrogen and oxygen atoms in total. The minimum Gasteiger partial charge on any atom is -0.744 e. The van der Waals surface area contributed by atoms with Gasteiger partial charge in [0.1, 0.15) is 10.1 Å². The number of unbranched alkanes of at least 4 members (excludes halogenated alkanes) is 18. The predicted octanol–water partition coefficient (Wildman–Crippen LogP) is 6.52. The van der Waals surface area contributed by atoms with E-state index in [2.05, 4.69) is 13.8 Å². The third kappa shape index (κ3) is 18.6. The van der Waals surface area contributed by atoms with Crippen LogP contribution in [0.2, 0.25) is 0 Å². The average Bonchev–Trinajstić information content (AvgIpc) is 2.81. The van der Waals surface area contributed by atoms with Crippen LogP contribution in [0.3, 0.4) is 0 Å². The van der Waals surface area contributed by atoms with Crippen LogP contribution in [-0.4, -0.2) is 13.0 Å². The van der Waals surface area contributed by atoms with E-state index >= 15 is 0 Å². The molecule has 0 amide bonds. The second-order valence-electron chi connectivity index (χ2n) is 10.2. The molecule has 0 unspecified atom stereocenters. The van der Waals surface area contributed by atoms with Gasteiger partial charge in [-0.3, -0.25) is 0 Å². The summed E-state index contributed by atoms with van der Waals surface area (Å²) in [7, 11) is -4.42. The molecule has 0 aliphatic heterocycles. The Labute approximate surface area is 261 Å². The summed E-state index contributed by atoms with van der Waals surface area (Å²) in [6, 6.07) is 5.29. The van der Waals surface area contributed by atoms with E-state index in [1.807, 2.05) is 6.07 Å². The van der Waals surface area contributed by atoms with E-state index in [4.69, 9.17) is 0 Å². The molecular formula is C30H53KO3S. The second-order valence-corrected chi connectivity index (χ2v) is 11.6. The van der Waals surface area contributed by atoms with Gasteiger partial charge in [-0.15, -0.1) is 0 Å². The SMILES string of the molecule is CCCCCCCCCCCCc1cccc(S(=O)(=O)[O-])c1CCCCCCCCCCCC.[K+]. The maximum atomic E-state index is 11.9. The first-order valence-electron chi connectivity index (χ1n) is 14.6. The molecular weight excluding hydrogens is 479 g/mol. The molecule has 0 saturated heterocycles. The quantitative estimate of drug-likeness (QED) is 0.0915. The molecule has 0 N–H and O–H groups in total. The van der Waals surface area contributed by atoms with Gasteiger partial charge >= 0.3 is 51.4 Å². The summed E-state index contributed by atoms with van der Waals surface area (Å²) in [4.78, 5) is 0.0213.